The summed E-state index contributed by atoms with van der Waals surface area (Å²) in [7, 11) is 0. The normalized spacial score (nSPS) is 41.0. The Balaban J connectivity index is 2.36. The van der Waals surface area contributed by atoms with Gasteiger partial charge in [-0.3, -0.25) is 9.59 Å². The minimum atomic E-state index is -2.82. The number of carboxylic acid groups (broad SMARTS) is 1. The number of aliphatic carboxylic acids is 1. The highest BCUT2D eigenvalue weighted by molar-refractivity contribution is 5.89. The number of aliphatic hydroxyl groups is 8. The fourth-order valence-corrected chi connectivity index (χ4v) is 3.64. The number of ether oxygens (including phenoxy) is 2. The second-order valence-corrected chi connectivity index (χ2v) is 7.86. The Labute approximate surface area is 186 Å². The number of nitrogens with one attached hydrogen (secondary N) is 2. The molecule has 0 aromatic rings. The van der Waals surface area contributed by atoms with Crippen LogP contribution in [0.1, 0.15) is 13.3 Å². The van der Waals surface area contributed by atoms with E-state index in [1.807, 2.05) is 5.32 Å². The lowest BCUT2D eigenvalue weighted by Crippen LogP contribution is -2.73. The highest BCUT2D eigenvalue weighted by atomic mass is 16.6. The minimum absolute atomic E-state index is 0.717. The zero-order chi connectivity index (χ0) is 25.2. The first-order chi connectivity index (χ1) is 15.3. The second-order valence-electron chi connectivity index (χ2n) is 7.86. The molecule has 0 aromatic carbocycles. The molecule has 0 bridgehead atoms. The SMILES string of the molecule is CC(=O)N[C@H]1[C@@H]([C@H](O)[C@H](O)CO)O[C@@](NC(=O)[C@H]2OC(O)[C@H](O)[C@@H](O)[C@H]2O)(C(=O)O)C[C@@H]1O. The molecular weight excluding hydrogens is 456 g/mol. The summed E-state index contributed by atoms with van der Waals surface area (Å²) >= 11 is 0. The van der Waals surface area contributed by atoms with Gasteiger partial charge in [0.1, 0.15) is 36.6 Å². The zero-order valence-corrected chi connectivity index (χ0v) is 17.3. The van der Waals surface area contributed by atoms with Crippen molar-refractivity contribution in [1.82, 2.24) is 10.6 Å². The summed E-state index contributed by atoms with van der Waals surface area (Å²) in [6, 6.07) is -1.47. The lowest BCUT2D eigenvalue weighted by molar-refractivity contribution is -0.279. The van der Waals surface area contributed by atoms with E-state index in [0.717, 1.165) is 6.92 Å². The Bertz CT molecular complexity index is 739. The van der Waals surface area contributed by atoms with Crippen LogP contribution in [0.3, 0.4) is 0 Å². The van der Waals surface area contributed by atoms with Gasteiger partial charge in [-0.2, -0.15) is 0 Å². The third-order valence-electron chi connectivity index (χ3n) is 5.41. The smallest absolute Gasteiger partial charge is 0.357 e. The van der Waals surface area contributed by atoms with Crippen LogP contribution in [-0.2, 0) is 23.9 Å². The van der Waals surface area contributed by atoms with Crippen LogP contribution in [0.25, 0.3) is 0 Å². The summed E-state index contributed by atoms with van der Waals surface area (Å²) in [5, 5.41) is 92.4. The monoisotopic (exact) mass is 484 g/mol. The van der Waals surface area contributed by atoms with Crippen molar-refractivity contribution in [2.45, 2.75) is 80.2 Å². The highest BCUT2D eigenvalue weighted by Crippen LogP contribution is 2.31. The molecule has 2 saturated heterocycles. The molecule has 2 aliphatic rings. The van der Waals surface area contributed by atoms with Crippen LogP contribution >= 0.6 is 0 Å². The van der Waals surface area contributed by atoms with Crippen LogP contribution in [0.2, 0.25) is 0 Å². The largest absolute Gasteiger partial charge is 0.478 e. The van der Waals surface area contributed by atoms with E-state index in [4.69, 9.17) is 14.6 Å². The highest BCUT2D eigenvalue weighted by Gasteiger charge is 2.57. The molecule has 2 heterocycles. The van der Waals surface area contributed by atoms with Gasteiger partial charge in [0.15, 0.2) is 12.4 Å². The predicted octanol–water partition coefficient (Wildman–Crippen LogP) is -6.95. The maximum Gasteiger partial charge on any atom is 0.357 e. The fraction of sp³-hybridized carbons (Fsp3) is 0.824. The maximum absolute atomic E-state index is 12.7. The van der Waals surface area contributed by atoms with Crippen LogP contribution in [0.5, 0.6) is 0 Å². The first-order valence-corrected chi connectivity index (χ1v) is 9.78. The predicted molar refractivity (Wildman–Crippen MR) is 99.6 cm³/mol. The standard InChI is InChI=1S/C17H28N2O14/c1-4(21)18-7-5(22)2-17(16(30)31,33-12(7)8(24)6(23)3-20)19-14(28)13-10(26)9(25)11(27)15(29)32-13/h5-13,15,20,22-27,29H,2-3H2,1H3,(H,18,21)(H,19,28)(H,30,31)/t5-,6+,7+,8+,9-,10+,11+,12-,13-,15?,17+/m0/s1. The zero-order valence-electron chi connectivity index (χ0n) is 17.3. The third-order valence-corrected chi connectivity index (χ3v) is 5.41. The number of hydrogen-bond acceptors (Lipinski definition) is 13. The van der Waals surface area contributed by atoms with Crippen molar-refractivity contribution in [3.63, 3.8) is 0 Å². The Morgan fingerprint density at radius 2 is 1.67 bits per heavy atom. The molecule has 11 N–H and O–H groups in total. The van der Waals surface area contributed by atoms with Gasteiger partial charge in [0.2, 0.25) is 11.6 Å². The Kier molecular flexibility index (Phi) is 8.68. The van der Waals surface area contributed by atoms with Gasteiger partial charge in [-0.1, -0.05) is 0 Å². The summed E-state index contributed by atoms with van der Waals surface area (Å²) in [5.74, 6) is -4.07. The lowest BCUT2D eigenvalue weighted by Gasteiger charge is -2.47. The maximum atomic E-state index is 12.7. The van der Waals surface area contributed by atoms with Gasteiger partial charge in [-0.15, -0.1) is 0 Å². The van der Waals surface area contributed by atoms with Crippen molar-refractivity contribution in [3.8, 4) is 0 Å². The van der Waals surface area contributed by atoms with Crippen LogP contribution in [0, 0.1) is 0 Å². The van der Waals surface area contributed by atoms with E-state index in [-0.39, 0.29) is 0 Å². The number of carboxylic acids is 1. The molecule has 0 radical (unpaired) electrons. The van der Waals surface area contributed by atoms with Crippen molar-refractivity contribution in [2.24, 2.45) is 0 Å². The van der Waals surface area contributed by atoms with E-state index in [1.54, 1.807) is 0 Å². The molecule has 11 atom stereocenters. The summed E-state index contributed by atoms with van der Waals surface area (Å²) in [6.07, 6.45) is -18.8. The van der Waals surface area contributed by atoms with E-state index in [2.05, 4.69) is 5.32 Å². The molecule has 2 amide bonds. The van der Waals surface area contributed by atoms with Crippen LogP contribution < -0.4 is 10.6 Å². The first-order valence-electron chi connectivity index (χ1n) is 9.78. The minimum Gasteiger partial charge on any atom is -0.478 e. The molecule has 0 saturated carbocycles. The fourth-order valence-electron chi connectivity index (χ4n) is 3.64. The van der Waals surface area contributed by atoms with E-state index in [0.29, 0.717) is 0 Å². The number of carbonyl (C=O) groups excluding carboxylic acids is 2. The second kappa shape index (κ2) is 10.5. The van der Waals surface area contributed by atoms with Crippen molar-refractivity contribution < 1.29 is 69.8 Å². The topological polar surface area (TPSA) is 276 Å². The van der Waals surface area contributed by atoms with Gasteiger partial charge < -0.3 is 66.1 Å². The van der Waals surface area contributed by atoms with Crippen molar-refractivity contribution >= 4 is 17.8 Å². The number of aliphatic hydroxyl groups excluding tert-OH is 8. The molecule has 16 nitrogen and oxygen atoms in total. The van der Waals surface area contributed by atoms with E-state index >= 15 is 0 Å². The van der Waals surface area contributed by atoms with Gasteiger partial charge in [-0.05, 0) is 0 Å². The molecule has 1 unspecified atom stereocenters. The van der Waals surface area contributed by atoms with Crippen molar-refractivity contribution in [1.29, 1.82) is 0 Å². The van der Waals surface area contributed by atoms with Gasteiger partial charge in [0, 0.05) is 13.3 Å². The Morgan fingerprint density at radius 3 is 2.18 bits per heavy atom. The lowest BCUT2D eigenvalue weighted by atomic mass is 9.87. The summed E-state index contributed by atoms with van der Waals surface area (Å²) < 4.78 is 10.1. The van der Waals surface area contributed by atoms with Crippen LogP contribution in [0.4, 0.5) is 0 Å². The molecule has 2 fully saturated rings. The molecule has 0 spiro atoms. The summed E-state index contributed by atoms with van der Waals surface area (Å²) in [4.78, 5) is 36.2. The van der Waals surface area contributed by atoms with Gasteiger partial charge in [-0.25, -0.2) is 4.79 Å². The van der Waals surface area contributed by atoms with Gasteiger partial charge >= 0.3 is 5.97 Å². The molecule has 0 aliphatic carbocycles. The van der Waals surface area contributed by atoms with E-state index < -0.39 is 97.7 Å². The summed E-state index contributed by atoms with van der Waals surface area (Å²) in [6.45, 7) is 0.0445. The quantitative estimate of drug-likeness (QED) is 0.160. The summed E-state index contributed by atoms with van der Waals surface area (Å²) in [5.41, 5.74) is -2.82. The Hall–Kier alpha value is -1.99. The molecule has 33 heavy (non-hydrogen) atoms. The average Bonchev–Trinajstić information content (AvgIpc) is 2.74. The first kappa shape index (κ1) is 27.3. The van der Waals surface area contributed by atoms with Crippen LogP contribution in [0.15, 0.2) is 0 Å². The molecule has 190 valence electrons. The molecule has 0 aromatic heterocycles. The Morgan fingerprint density at radius 1 is 1.06 bits per heavy atom. The van der Waals surface area contributed by atoms with E-state index in [1.165, 1.54) is 0 Å². The number of rotatable bonds is 7. The van der Waals surface area contributed by atoms with Gasteiger partial charge in [0.05, 0.1) is 18.8 Å². The number of amides is 2. The van der Waals surface area contributed by atoms with Gasteiger partial charge in [0.25, 0.3) is 5.91 Å². The van der Waals surface area contributed by atoms with E-state index in [9.17, 15) is 55.2 Å². The number of hydrogen-bond donors (Lipinski definition) is 11. The average molecular weight is 484 g/mol. The molecular formula is C17H28N2O14. The molecule has 16 heteroatoms. The van der Waals surface area contributed by atoms with Crippen LogP contribution in [-0.4, -0.2) is 137 Å². The van der Waals surface area contributed by atoms with Crippen molar-refractivity contribution in [3.05, 3.63) is 0 Å². The third kappa shape index (κ3) is 5.57. The number of carbonyl (C=O) groups is 3. The van der Waals surface area contributed by atoms with Crippen molar-refractivity contribution in [2.75, 3.05) is 6.61 Å². The molecule has 2 rings (SSSR count). The molecule has 2 aliphatic heterocycles.